The van der Waals surface area contributed by atoms with E-state index >= 15 is 0 Å². The largest absolute Gasteiger partial charge is 0.134 e. The van der Waals surface area contributed by atoms with Crippen LogP contribution in [0.25, 0.3) is 60.6 Å². The Morgan fingerprint density at radius 3 is 1.02 bits per heavy atom. The van der Waals surface area contributed by atoms with Gasteiger partial charge in [-0.3, -0.25) is 0 Å². The zero-order chi connectivity index (χ0) is 39.8. The second kappa shape index (κ2) is 23.1. The summed E-state index contributed by atoms with van der Waals surface area (Å²) in [6, 6.07) is 36.6. The van der Waals surface area contributed by atoms with E-state index < -0.39 is 0 Å². The van der Waals surface area contributed by atoms with Crippen molar-refractivity contribution in [2.45, 2.75) is 155 Å². The molecule has 0 bridgehead atoms. The molecule has 0 nitrogen and oxygen atoms in total. The molecule has 0 unspecified atom stereocenters. The molecule has 4 heteroatoms. The lowest BCUT2D eigenvalue weighted by Gasteiger charge is -2.06. The Labute approximate surface area is 366 Å². The molecule has 0 fully saturated rings. The lowest BCUT2D eigenvalue weighted by Crippen LogP contribution is -1.89. The van der Waals surface area contributed by atoms with E-state index in [0.717, 1.165) is 0 Å². The highest BCUT2D eigenvalue weighted by Crippen LogP contribution is 2.49. The molecule has 0 radical (unpaired) electrons. The van der Waals surface area contributed by atoms with Crippen LogP contribution in [0.3, 0.4) is 0 Å². The predicted molar refractivity (Wildman–Crippen MR) is 266 cm³/mol. The number of benzene rings is 3. The average molecular weight is 843 g/mol. The predicted octanol–water partition coefficient (Wildman–Crippen LogP) is 19.8. The van der Waals surface area contributed by atoms with Gasteiger partial charge in [0.1, 0.15) is 0 Å². The highest BCUT2D eigenvalue weighted by atomic mass is 32.1. The van der Waals surface area contributed by atoms with E-state index in [1.54, 1.807) is 11.1 Å². The van der Waals surface area contributed by atoms with Crippen molar-refractivity contribution in [3.05, 3.63) is 108 Å². The van der Waals surface area contributed by atoms with E-state index in [9.17, 15) is 0 Å². The summed E-state index contributed by atoms with van der Waals surface area (Å²) in [6.45, 7) is 4.62. The Hall–Kier alpha value is -3.02. The first-order chi connectivity index (χ1) is 28.7. The molecule has 306 valence electrons. The van der Waals surface area contributed by atoms with Crippen LogP contribution in [0.2, 0.25) is 0 Å². The average Bonchev–Trinajstić information content (AvgIpc) is 4.08. The summed E-state index contributed by atoms with van der Waals surface area (Å²) in [5.74, 6) is 0. The highest BCUT2D eigenvalue weighted by Gasteiger charge is 2.21. The van der Waals surface area contributed by atoms with Gasteiger partial charge in [-0.15, -0.1) is 45.3 Å². The van der Waals surface area contributed by atoms with Crippen molar-refractivity contribution in [1.82, 2.24) is 0 Å². The second-order valence-electron chi connectivity index (χ2n) is 16.6. The summed E-state index contributed by atoms with van der Waals surface area (Å²) < 4.78 is 2.95. The molecular weight excluding hydrogens is 777 g/mol. The Bertz CT molecular complexity index is 2070. The molecule has 0 amide bonds. The summed E-state index contributed by atoms with van der Waals surface area (Å²) >= 11 is 8.07. The third kappa shape index (κ3) is 11.6. The van der Waals surface area contributed by atoms with Crippen LogP contribution < -0.4 is 0 Å². The molecule has 0 atom stereocenters. The van der Waals surface area contributed by atoms with Crippen LogP contribution in [0.5, 0.6) is 0 Å². The summed E-state index contributed by atoms with van der Waals surface area (Å²) in [5, 5.41) is 3.01. The summed E-state index contributed by atoms with van der Waals surface area (Å²) in [5.41, 5.74) is 5.84. The first kappa shape index (κ1) is 43.1. The number of hydrogen-bond acceptors (Lipinski definition) is 4. The smallest absolute Gasteiger partial charge is 0.0487 e. The molecule has 0 spiro atoms. The SMILES string of the molecule is CCCCCCCCCCCCc1c(-c2ccc(-c3ccccc3)s2)sc2cc3c(CCCCCCCCCCCC)c(-c4ccc(-c5ccccc5)s4)sc3cc12. The van der Waals surface area contributed by atoms with Crippen molar-refractivity contribution in [3.63, 3.8) is 0 Å². The van der Waals surface area contributed by atoms with Crippen LogP contribution in [0, 0.1) is 0 Å². The second-order valence-corrected chi connectivity index (χ2v) is 20.9. The summed E-state index contributed by atoms with van der Waals surface area (Å²) in [4.78, 5) is 8.63. The number of rotatable bonds is 26. The van der Waals surface area contributed by atoms with Gasteiger partial charge in [-0.1, -0.05) is 190 Å². The monoisotopic (exact) mass is 842 g/mol. The fraction of sp³-hybridized carbons (Fsp3) is 0.444. The zero-order valence-corrected chi connectivity index (χ0v) is 38.7. The molecule has 58 heavy (non-hydrogen) atoms. The Kier molecular flexibility index (Phi) is 17.2. The molecule has 0 N–H and O–H groups in total. The molecule has 3 aromatic carbocycles. The van der Waals surface area contributed by atoms with Gasteiger partial charge in [-0.2, -0.15) is 0 Å². The molecular formula is C54H66S4. The van der Waals surface area contributed by atoms with E-state index in [0.29, 0.717) is 0 Å². The lowest BCUT2D eigenvalue weighted by molar-refractivity contribution is 0.556. The lowest BCUT2D eigenvalue weighted by atomic mass is 9.98. The minimum atomic E-state index is 1.17. The van der Waals surface area contributed by atoms with Crippen LogP contribution >= 0.6 is 45.3 Å². The van der Waals surface area contributed by atoms with Crippen LogP contribution in [0.15, 0.2) is 97.1 Å². The normalized spacial score (nSPS) is 11.8. The Morgan fingerprint density at radius 1 is 0.328 bits per heavy atom. The molecule has 4 heterocycles. The van der Waals surface area contributed by atoms with Crippen LogP contribution in [-0.2, 0) is 12.8 Å². The fourth-order valence-corrected chi connectivity index (χ4v) is 13.5. The standard InChI is InChI=1S/C54H66S4/c1-3-5-7-9-11-13-15-17-19-27-33-43-45-39-52-46(40-51(45)57-53(43)49-37-35-47(55-49)41-29-23-21-24-30-41)44(34-28-20-18-16-14-12-10-8-6-4-2)54(58-52)50-38-36-48(56-50)42-31-25-22-26-32-42/h21-26,29-32,35-40H,3-20,27-28,33-34H2,1-2H3. The first-order valence-corrected chi connectivity index (χ1v) is 26.3. The van der Waals surface area contributed by atoms with Gasteiger partial charge in [0.05, 0.1) is 0 Å². The van der Waals surface area contributed by atoms with E-state index in [1.165, 1.54) is 202 Å². The van der Waals surface area contributed by atoms with Crippen molar-refractivity contribution in [2.24, 2.45) is 0 Å². The zero-order valence-electron chi connectivity index (χ0n) is 35.4. The van der Waals surface area contributed by atoms with Gasteiger partial charge in [0.2, 0.25) is 0 Å². The van der Waals surface area contributed by atoms with Crippen molar-refractivity contribution in [2.75, 3.05) is 0 Å². The number of unbranched alkanes of at least 4 members (excludes halogenated alkanes) is 18. The summed E-state index contributed by atoms with van der Waals surface area (Å²) in [6.07, 6.45) is 29.9. The van der Waals surface area contributed by atoms with Gasteiger partial charge in [0, 0.05) is 38.7 Å². The number of thiophene rings is 4. The van der Waals surface area contributed by atoms with Crippen molar-refractivity contribution in [3.8, 4) is 40.4 Å². The molecule has 0 saturated carbocycles. The maximum atomic E-state index is 2.62. The third-order valence-corrected chi connectivity index (χ3v) is 17.1. The maximum Gasteiger partial charge on any atom is 0.0487 e. The number of aryl methyl sites for hydroxylation is 2. The number of fused-ring (bicyclic) bond motifs is 2. The van der Waals surface area contributed by atoms with Crippen LogP contribution in [0.1, 0.15) is 153 Å². The molecule has 0 aliphatic heterocycles. The van der Waals surface area contributed by atoms with Gasteiger partial charge in [0.25, 0.3) is 0 Å². The topological polar surface area (TPSA) is 0 Å². The highest BCUT2D eigenvalue weighted by molar-refractivity contribution is 7.28. The van der Waals surface area contributed by atoms with Gasteiger partial charge < -0.3 is 0 Å². The Balaban J connectivity index is 1.15. The van der Waals surface area contributed by atoms with E-state index in [1.807, 2.05) is 22.7 Å². The fourth-order valence-electron chi connectivity index (χ4n) is 8.70. The maximum absolute atomic E-state index is 2.62. The van der Waals surface area contributed by atoms with Gasteiger partial charge in [-0.25, -0.2) is 0 Å². The van der Waals surface area contributed by atoms with Crippen LogP contribution in [-0.4, -0.2) is 0 Å². The molecule has 0 aliphatic carbocycles. The van der Waals surface area contributed by atoms with Crippen molar-refractivity contribution >= 4 is 65.5 Å². The molecule has 7 aromatic rings. The van der Waals surface area contributed by atoms with Crippen molar-refractivity contribution in [1.29, 1.82) is 0 Å². The minimum Gasteiger partial charge on any atom is -0.134 e. The molecule has 0 saturated heterocycles. The van der Waals surface area contributed by atoms with Crippen LogP contribution in [0.4, 0.5) is 0 Å². The third-order valence-electron chi connectivity index (χ3n) is 12.0. The summed E-state index contributed by atoms with van der Waals surface area (Å²) in [7, 11) is 0. The minimum absolute atomic E-state index is 1.17. The molecule has 7 rings (SSSR count). The molecule has 4 aromatic heterocycles. The van der Waals surface area contributed by atoms with E-state index in [2.05, 4.69) is 134 Å². The Morgan fingerprint density at radius 2 is 0.655 bits per heavy atom. The first-order valence-electron chi connectivity index (χ1n) is 23.1. The number of hydrogen-bond donors (Lipinski definition) is 0. The van der Waals surface area contributed by atoms with Gasteiger partial charge in [-0.05, 0) is 95.1 Å². The van der Waals surface area contributed by atoms with Crippen molar-refractivity contribution < 1.29 is 0 Å². The van der Waals surface area contributed by atoms with E-state index in [4.69, 9.17) is 0 Å². The molecule has 0 aliphatic rings. The van der Waals surface area contributed by atoms with E-state index in [-0.39, 0.29) is 0 Å². The quantitative estimate of drug-likeness (QED) is 0.0477. The van der Waals surface area contributed by atoms with Gasteiger partial charge in [0.15, 0.2) is 0 Å². The van der Waals surface area contributed by atoms with Gasteiger partial charge >= 0.3 is 0 Å².